The van der Waals surface area contributed by atoms with Gasteiger partial charge >= 0.3 is 0 Å². The average Bonchev–Trinajstić information content (AvgIpc) is 2.59. The van der Waals surface area contributed by atoms with Crippen molar-refractivity contribution in [1.29, 1.82) is 0 Å². The molecule has 0 saturated heterocycles. The Morgan fingerprint density at radius 1 is 0.682 bits per heavy atom. The van der Waals surface area contributed by atoms with Gasteiger partial charge in [-0.25, -0.2) is 0 Å². The normalized spacial score (nSPS) is 10.2. The molecular formula is C21H19N. The minimum absolute atomic E-state index is 0.700. The van der Waals surface area contributed by atoms with Crippen molar-refractivity contribution in [3.05, 3.63) is 107 Å². The summed E-state index contributed by atoms with van der Waals surface area (Å²) in [5.41, 5.74) is 5.91. The molecule has 0 heterocycles. The smallest absolute Gasteiger partial charge is 0.0723 e. The standard InChI is InChI=1S/C21H19N/c1-17-10-8-9-15-20(17)16-22-21(18-11-4-2-5-12-18)19-13-6-3-7-14-19/h2-15H,16H2,1H3. The maximum absolute atomic E-state index is 4.91. The second-order valence-electron chi connectivity index (χ2n) is 5.32. The third-order valence-electron chi connectivity index (χ3n) is 3.76. The van der Waals surface area contributed by atoms with Crippen molar-refractivity contribution in [2.24, 2.45) is 4.99 Å². The lowest BCUT2D eigenvalue weighted by Gasteiger charge is -2.09. The molecule has 108 valence electrons. The molecular weight excluding hydrogens is 266 g/mol. The Hall–Kier alpha value is -2.67. The number of rotatable bonds is 4. The molecule has 0 spiro atoms. The Bertz CT molecular complexity index is 717. The molecule has 0 atom stereocenters. The average molecular weight is 285 g/mol. The minimum Gasteiger partial charge on any atom is -0.279 e. The van der Waals surface area contributed by atoms with Gasteiger partial charge in [-0.15, -0.1) is 0 Å². The van der Waals surface area contributed by atoms with Crippen molar-refractivity contribution in [3.8, 4) is 0 Å². The molecule has 3 rings (SSSR count). The Kier molecular flexibility index (Phi) is 4.45. The molecule has 0 aliphatic rings. The first kappa shape index (κ1) is 14.3. The molecule has 0 saturated carbocycles. The monoisotopic (exact) mass is 285 g/mol. The van der Waals surface area contributed by atoms with Crippen LogP contribution in [0.25, 0.3) is 0 Å². The van der Waals surface area contributed by atoms with Crippen LogP contribution in [0.2, 0.25) is 0 Å². The second kappa shape index (κ2) is 6.86. The Balaban J connectivity index is 1.99. The van der Waals surface area contributed by atoms with Gasteiger partial charge in [0.1, 0.15) is 0 Å². The first-order chi connectivity index (χ1) is 10.8. The van der Waals surface area contributed by atoms with Gasteiger partial charge in [-0.2, -0.15) is 0 Å². The zero-order chi connectivity index (χ0) is 15.2. The van der Waals surface area contributed by atoms with Gasteiger partial charge in [-0.05, 0) is 18.1 Å². The molecule has 0 aliphatic carbocycles. The Labute approximate surface area is 132 Å². The van der Waals surface area contributed by atoms with E-state index in [1.807, 2.05) is 12.1 Å². The molecule has 1 nitrogen and oxygen atoms in total. The topological polar surface area (TPSA) is 12.4 Å². The summed E-state index contributed by atoms with van der Waals surface area (Å²) in [6.45, 7) is 2.83. The predicted molar refractivity (Wildman–Crippen MR) is 93.4 cm³/mol. The van der Waals surface area contributed by atoms with Crippen molar-refractivity contribution in [2.45, 2.75) is 13.5 Å². The van der Waals surface area contributed by atoms with Crippen LogP contribution in [-0.2, 0) is 6.54 Å². The van der Waals surface area contributed by atoms with Crippen LogP contribution in [-0.4, -0.2) is 5.71 Å². The molecule has 0 fully saturated rings. The SMILES string of the molecule is Cc1ccccc1CN=C(c1ccccc1)c1ccccc1. The number of nitrogens with zero attached hydrogens (tertiary/aromatic N) is 1. The van der Waals surface area contributed by atoms with E-state index in [1.54, 1.807) is 0 Å². The molecule has 0 radical (unpaired) electrons. The summed E-state index contributed by atoms with van der Waals surface area (Å²) in [6.07, 6.45) is 0. The highest BCUT2D eigenvalue weighted by Gasteiger charge is 2.06. The fourth-order valence-corrected chi connectivity index (χ4v) is 2.49. The van der Waals surface area contributed by atoms with Gasteiger partial charge < -0.3 is 0 Å². The highest BCUT2D eigenvalue weighted by molar-refractivity contribution is 6.12. The fraction of sp³-hybridized carbons (Fsp3) is 0.0952. The Morgan fingerprint density at radius 3 is 1.73 bits per heavy atom. The summed E-state index contributed by atoms with van der Waals surface area (Å²) in [6, 6.07) is 29.2. The number of benzene rings is 3. The summed E-state index contributed by atoms with van der Waals surface area (Å²) >= 11 is 0. The largest absolute Gasteiger partial charge is 0.279 e. The molecule has 0 aromatic heterocycles. The molecule has 0 amide bonds. The van der Waals surface area contributed by atoms with Gasteiger partial charge in [0.25, 0.3) is 0 Å². The zero-order valence-corrected chi connectivity index (χ0v) is 12.7. The molecule has 0 N–H and O–H groups in total. The second-order valence-corrected chi connectivity index (χ2v) is 5.32. The van der Waals surface area contributed by atoms with E-state index in [1.165, 1.54) is 11.1 Å². The van der Waals surface area contributed by atoms with Crippen molar-refractivity contribution in [1.82, 2.24) is 0 Å². The van der Waals surface area contributed by atoms with Gasteiger partial charge in [0.2, 0.25) is 0 Å². The van der Waals surface area contributed by atoms with E-state index in [4.69, 9.17) is 4.99 Å². The highest BCUT2D eigenvalue weighted by atomic mass is 14.7. The van der Waals surface area contributed by atoms with Crippen molar-refractivity contribution in [2.75, 3.05) is 0 Å². The van der Waals surface area contributed by atoms with Crippen LogP contribution < -0.4 is 0 Å². The molecule has 0 aliphatic heterocycles. The number of hydrogen-bond acceptors (Lipinski definition) is 1. The third kappa shape index (κ3) is 3.32. The van der Waals surface area contributed by atoms with Crippen LogP contribution in [0.3, 0.4) is 0 Å². The zero-order valence-electron chi connectivity index (χ0n) is 12.7. The molecule has 3 aromatic rings. The summed E-state index contributed by atoms with van der Waals surface area (Å²) in [7, 11) is 0. The maximum atomic E-state index is 4.91. The van der Waals surface area contributed by atoms with E-state index in [0.29, 0.717) is 6.54 Å². The van der Waals surface area contributed by atoms with Crippen LogP contribution >= 0.6 is 0 Å². The van der Waals surface area contributed by atoms with Crippen LogP contribution in [0.4, 0.5) is 0 Å². The summed E-state index contributed by atoms with van der Waals surface area (Å²) < 4.78 is 0. The van der Waals surface area contributed by atoms with E-state index >= 15 is 0 Å². The van der Waals surface area contributed by atoms with Crippen LogP contribution in [0.1, 0.15) is 22.3 Å². The van der Waals surface area contributed by atoms with Gasteiger partial charge in [-0.1, -0.05) is 84.9 Å². The summed E-state index contributed by atoms with van der Waals surface area (Å²) in [5.74, 6) is 0. The van der Waals surface area contributed by atoms with Crippen molar-refractivity contribution < 1.29 is 0 Å². The van der Waals surface area contributed by atoms with E-state index in [9.17, 15) is 0 Å². The quantitative estimate of drug-likeness (QED) is 0.596. The maximum Gasteiger partial charge on any atom is 0.0723 e. The van der Waals surface area contributed by atoms with Crippen molar-refractivity contribution in [3.63, 3.8) is 0 Å². The summed E-state index contributed by atoms with van der Waals surface area (Å²) in [4.78, 5) is 4.91. The fourth-order valence-electron chi connectivity index (χ4n) is 2.49. The lowest BCUT2D eigenvalue weighted by atomic mass is 10.0. The molecule has 1 heteroatoms. The summed E-state index contributed by atoms with van der Waals surface area (Å²) in [5, 5.41) is 0. The van der Waals surface area contributed by atoms with Gasteiger partial charge in [-0.3, -0.25) is 4.99 Å². The van der Waals surface area contributed by atoms with E-state index in [0.717, 1.165) is 16.8 Å². The van der Waals surface area contributed by atoms with E-state index < -0.39 is 0 Å². The number of hydrogen-bond donors (Lipinski definition) is 0. The van der Waals surface area contributed by atoms with E-state index in [-0.39, 0.29) is 0 Å². The molecule has 3 aromatic carbocycles. The van der Waals surface area contributed by atoms with Crippen LogP contribution in [0.15, 0.2) is 89.9 Å². The van der Waals surface area contributed by atoms with Gasteiger partial charge in [0.05, 0.1) is 12.3 Å². The van der Waals surface area contributed by atoms with Crippen LogP contribution in [0, 0.1) is 6.92 Å². The lowest BCUT2D eigenvalue weighted by molar-refractivity contribution is 1.05. The molecule has 0 bridgehead atoms. The van der Waals surface area contributed by atoms with Gasteiger partial charge in [0.15, 0.2) is 0 Å². The first-order valence-electron chi connectivity index (χ1n) is 7.54. The van der Waals surface area contributed by atoms with Gasteiger partial charge in [0, 0.05) is 11.1 Å². The molecule has 22 heavy (non-hydrogen) atoms. The predicted octanol–water partition coefficient (Wildman–Crippen LogP) is 5.03. The Morgan fingerprint density at radius 2 is 1.18 bits per heavy atom. The number of aryl methyl sites for hydroxylation is 1. The highest BCUT2D eigenvalue weighted by Crippen LogP contribution is 2.14. The minimum atomic E-state index is 0.700. The first-order valence-corrected chi connectivity index (χ1v) is 7.54. The lowest BCUT2D eigenvalue weighted by Crippen LogP contribution is -2.04. The third-order valence-corrected chi connectivity index (χ3v) is 3.76. The van der Waals surface area contributed by atoms with Crippen molar-refractivity contribution >= 4 is 5.71 Å². The van der Waals surface area contributed by atoms with E-state index in [2.05, 4.69) is 79.7 Å². The number of aliphatic imine (C=N–C) groups is 1. The molecule has 0 unspecified atom stereocenters. The van der Waals surface area contributed by atoms with Crippen LogP contribution in [0.5, 0.6) is 0 Å².